The fourth-order valence-electron chi connectivity index (χ4n) is 3.34. The molecule has 0 spiro atoms. The van der Waals surface area contributed by atoms with E-state index in [2.05, 4.69) is 34.2 Å². The lowest BCUT2D eigenvalue weighted by atomic mass is 10.2. The van der Waals surface area contributed by atoms with E-state index < -0.39 is 0 Å². The van der Waals surface area contributed by atoms with Crippen LogP contribution in [0.3, 0.4) is 0 Å². The van der Waals surface area contributed by atoms with Gasteiger partial charge in [-0.2, -0.15) is 15.0 Å². The van der Waals surface area contributed by atoms with Crippen molar-refractivity contribution >= 4 is 27.8 Å². The number of hydrogen-bond acceptors (Lipinski definition) is 4. The minimum Gasteiger partial charge on any atom is -0.368 e. The third-order valence-electron chi connectivity index (χ3n) is 4.45. The fraction of sp³-hybridized carbons (Fsp3) is 0. The van der Waals surface area contributed by atoms with Gasteiger partial charge in [0.15, 0.2) is 5.82 Å². The number of nitrogens with zero attached hydrogens (tertiary/aromatic N) is 4. The third-order valence-corrected chi connectivity index (χ3v) is 4.45. The van der Waals surface area contributed by atoms with E-state index in [0.29, 0.717) is 11.8 Å². The normalized spacial score (nSPS) is 11.2. The molecule has 0 radical (unpaired) electrons. The van der Waals surface area contributed by atoms with Gasteiger partial charge in [0.25, 0.3) is 0 Å². The first-order valence-electron chi connectivity index (χ1n) is 8.37. The summed E-state index contributed by atoms with van der Waals surface area (Å²) in [5.41, 5.74) is 9.00. The largest absolute Gasteiger partial charge is 0.368 e. The molecule has 0 fully saturated rings. The smallest absolute Gasteiger partial charge is 0.240 e. The van der Waals surface area contributed by atoms with Crippen LogP contribution in [0.2, 0.25) is 0 Å². The molecule has 5 nitrogen and oxygen atoms in total. The number of para-hydroxylation sites is 2. The molecule has 2 heterocycles. The van der Waals surface area contributed by atoms with Gasteiger partial charge >= 0.3 is 0 Å². The monoisotopic (exact) mass is 337 g/mol. The number of fused-ring (bicyclic) bond motifs is 3. The van der Waals surface area contributed by atoms with Gasteiger partial charge in [-0.3, -0.25) is 4.57 Å². The molecular formula is C21H15N5. The molecule has 0 aliphatic carbocycles. The van der Waals surface area contributed by atoms with E-state index in [1.807, 2.05) is 59.2 Å². The predicted octanol–water partition coefficient (Wildman–Crippen LogP) is 4.22. The molecule has 124 valence electrons. The highest BCUT2D eigenvalue weighted by Gasteiger charge is 2.15. The van der Waals surface area contributed by atoms with Crippen LogP contribution in [0.4, 0.5) is 5.95 Å². The number of nitrogens with two attached hydrogens (primary N) is 1. The Kier molecular flexibility index (Phi) is 3.18. The summed E-state index contributed by atoms with van der Waals surface area (Å²) in [7, 11) is 0. The zero-order valence-electron chi connectivity index (χ0n) is 13.9. The van der Waals surface area contributed by atoms with Crippen molar-refractivity contribution in [2.24, 2.45) is 0 Å². The summed E-state index contributed by atoms with van der Waals surface area (Å²) in [5.74, 6) is 1.29. The second-order valence-electron chi connectivity index (χ2n) is 6.05. The van der Waals surface area contributed by atoms with Crippen molar-refractivity contribution in [3.63, 3.8) is 0 Å². The lowest BCUT2D eigenvalue weighted by molar-refractivity contribution is 0.957. The molecule has 0 amide bonds. The highest BCUT2D eigenvalue weighted by atomic mass is 15.2. The molecule has 0 unspecified atom stereocenters. The van der Waals surface area contributed by atoms with Crippen molar-refractivity contribution in [3.05, 3.63) is 78.9 Å². The minimum absolute atomic E-state index is 0.204. The number of rotatable bonds is 2. The molecule has 0 saturated carbocycles. The Labute approximate surface area is 149 Å². The Balaban J connectivity index is 1.84. The molecule has 2 aromatic heterocycles. The van der Waals surface area contributed by atoms with Crippen molar-refractivity contribution in [2.45, 2.75) is 0 Å². The molecule has 0 atom stereocenters. The maximum absolute atomic E-state index is 6.02. The van der Waals surface area contributed by atoms with Gasteiger partial charge in [0.2, 0.25) is 11.9 Å². The number of aromatic nitrogens is 4. The molecule has 3 aromatic carbocycles. The number of benzene rings is 3. The molecule has 2 N–H and O–H groups in total. The zero-order valence-corrected chi connectivity index (χ0v) is 13.9. The van der Waals surface area contributed by atoms with Crippen LogP contribution in [0.15, 0.2) is 78.9 Å². The average Bonchev–Trinajstić information content (AvgIpc) is 3.03. The van der Waals surface area contributed by atoms with Gasteiger partial charge in [-0.1, -0.05) is 66.7 Å². The van der Waals surface area contributed by atoms with E-state index in [1.54, 1.807) is 0 Å². The van der Waals surface area contributed by atoms with Crippen LogP contribution in [-0.4, -0.2) is 19.5 Å². The number of hydrogen-bond donors (Lipinski definition) is 1. The van der Waals surface area contributed by atoms with Gasteiger partial charge in [0, 0.05) is 16.3 Å². The van der Waals surface area contributed by atoms with Crippen LogP contribution < -0.4 is 5.73 Å². The molecule has 26 heavy (non-hydrogen) atoms. The molecule has 5 heteroatoms. The van der Waals surface area contributed by atoms with Gasteiger partial charge in [-0.15, -0.1) is 0 Å². The Hall–Kier alpha value is -3.73. The van der Waals surface area contributed by atoms with Crippen LogP contribution in [0, 0.1) is 0 Å². The summed E-state index contributed by atoms with van der Waals surface area (Å²) in [6.45, 7) is 0. The summed E-state index contributed by atoms with van der Waals surface area (Å²) in [5, 5.41) is 2.31. The van der Waals surface area contributed by atoms with E-state index in [1.165, 1.54) is 0 Å². The van der Waals surface area contributed by atoms with E-state index in [-0.39, 0.29) is 5.95 Å². The van der Waals surface area contributed by atoms with E-state index in [4.69, 9.17) is 10.7 Å². The lowest BCUT2D eigenvalue weighted by Crippen LogP contribution is -2.07. The van der Waals surface area contributed by atoms with E-state index in [0.717, 1.165) is 27.4 Å². The van der Waals surface area contributed by atoms with Crippen molar-refractivity contribution in [2.75, 3.05) is 5.73 Å². The molecular weight excluding hydrogens is 322 g/mol. The summed E-state index contributed by atoms with van der Waals surface area (Å²) >= 11 is 0. The highest BCUT2D eigenvalue weighted by molar-refractivity contribution is 6.08. The highest BCUT2D eigenvalue weighted by Crippen LogP contribution is 2.31. The number of nitrogen functional groups attached to an aromatic ring is 1. The van der Waals surface area contributed by atoms with Gasteiger partial charge < -0.3 is 5.73 Å². The topological polar surface area (TPSA) is 69.6 Å². The molecule has 5 rings (SSSR count). The Morgan fingerprint density at radius 1 is 0.615 bits per heavy atom. The Bertz CT molecular complexity index is 1190. The SMILES string of the molecule is Nc1nc(-c2ccccc2)nc(-n2c3ccccc3c3ccccc32)n1. The van der Waals surface area contributed by atoms with Gasteiger partial charge in [-0.25, -0.2) is 0 Å². The third kappa shape index (κ3) is 2.22. The van der Waals surface area contributed by atoms with Crippen LogP contribution in [0.5, 0.6) is 0 Å². The molecule has 0 aliphatic heterocycles. The van der Waals surface area contributed by atoms with E-state index in [9.17, 15) is 0 Å². The van der Waals surface area contributed by atoms with Crippen molar-refractivity contribution in [1.82, 2.24) is 19.5 Å². The average molecular weight is 337 g/mol. The van der Waals surface area contributed by atoms with Gasteiger partial charge in [-0.05, 0) is 12.1 Å². The molecule has 0 saturated heterocycles. The first-order valence-corrected chi connectivity index (χ1v) is 8.37. The second-order valence-corrected chi connectivity index (χ2v) is 6.05. The number of anilines is 1. The Morgan fingerprint density at radius 2 is 1.19 bits per heavy atom. The quantitative estimate of drug-likeness (QED) is 0.524. The van der Waals surface area contributed by atoms with Crippen LogP contribution in [-0.2, 0) is 0 Å². The summed E-state index contributed by atoms with van der Waals surface area (Å²) in [6, 6.07) is 26.2. The summed E-state index contributed by atoms with van der Waals surface area (Å²) in [4.78, 5) is 13.4. The van der Waals surface area contributed by atoms with Crippen molar-refractivity contribution < 1.29 is 0 Å². The maximum atomic E-state index is 6.02. The minimum atomic E-state index is 0.204. The lowest BCUT2D eigenvalue weighted by Gasteiger charge is -2.08. The molecule has 5 aromatic rings. The molecule has 0 bridgehead atoms. The van der Waals surface area contributed by atoms with Crippen LogP contribution in [0.1, 0.15) is 0 Å². The van der Waals surface area contributed by atoms with Crippen molar-refractivity contribution in [3.8, 4) is 17.3 Å². The van der Waals surface area contributed by atoms with Crippen molar-refractivity contribution in [1.29, 1.82) is 0 Å². The van der Waals surface area contributed by atoms with Gasteiger partial charge in [0.1, 0.15) is 0 Å². The Morgan fingerprint density at radius 3 is 1.85 bits per heavy atom. The first-order chi connectivity index (χ1) is 12.8. The fourth-order valence-corrected chi connectivity index (χ4v) is 3.34. The van der Waals surface area contributed by atoms with Gasteiger partial charge in [0.05, 0.1) is 11.0 Å². The second kappa shape index (κ2) is 5.67. The van der Waals surface area contributed by atoms with E-state index >= 15 is 0 Å². The summed E-state index contributed by atoms with van der Waals surface area (Å²) < 4.78 is 2.04. The zero-order chi connectivity index (χ0) is 17.5. The standard InChI is InChI=1S/C21H15N5/c22-20-23-19(14-8-2-1-3-9-14)24-21(25-20)26-17-12-6-4-10-15(17)16-11-5-7-13-18(16)26/h1-13H,(H2,22,23,24,25). The van der Waals surface area contributed by atoms with Crippen LogP contribution >= 0.6 is 0 Å². The maximum Gasteiger partial charge on any atom is 0.240 e. The summed E-state index contributed by atoms with van der Waals surface area (Å²) in [6.07, 6.45) is 0. The molecule has 0 aliphatic rings. The first kappa shape index (κ1) is 14.6. The van der Waals surface area contributed by atoms with Crippen LogP contribution in [0.25, 0.3) is 39.1 Å². The predicted molar refractivity (Wildman–Crippen MR) is 104 cm³/mol.